The number of ether oxygens (including phenoxy) is 1. The van der Waals surface area contributed by atoms with Gasteiger partial charge in [-0.15, -0.1) is 0 Å². The van der Waals surface area contributed by atoms with Crippen LogP contribution in [0.3, 0.4) is 0 Å². The van der Waals surface area contributed by atoms with Gasteiger partial charge >= 0.3 is 5.97 Å². The Labute approximate surface area is 146 Å². The Kier molecular flexibility index (Phi) is 5.51. The van der Waals surface area contributed by atoms with E-state index in [4.69, 9.17) is 4.74 Å². The van der Waals surface area contributed by atoms with Crippen LogP contribution < -0.4 is 0 Å². The van der Waals surface area contributed by atoms with Crippen LogP contribution in [0.15, 0.2) is 0 Å². The monoisotopic (exact) mass is 335 g/mol. The Bertz CT molecular complexity index is 472. The van der Waals surface area contributed by atoms with E-state index in [-0.39, 0.29) is 29.8 Å². The van der Waals surface area contributed by atoms with E-state index in [1.54, 1.807) is 0 Å². The molecule has 1 aliphatic heterocycles. The van der Waals surface area contributed by atoms with Gasteiger partial charge in [-0.25, -0.2) is 0 Å². The van der Waals surface area contributed by atoms with Crippen LogP contribution in [0.1, 0.15) is 65.7 Å². The first-order valence-corrected chi connectivity index (χ1v) is 9.95. The average Bonchev–Trinajstić information content (AvgIpc) is 3.39. The van der Waals surface area contributed by atoms with Crippen LogP contribution in [0.4, 0.5) is 0 Å². The molecule has 0 radical (unpaired) electrons. The minimum absolute atomic E-state index is 0.0620. The summed E-state index contributed by atoms with van der Waals surface area (Å²) in [5.74, 6) is 1.99. The van der Waals surface area contributed by atoms with Gasteiger partial charge in [-0.2, -0.15) is 0 Å². The number of rotatable bonds is 4. The van der Waals surface area contributed by atoms with Crippen molar-refractivity contribution in [2.75, 3.05) is 13.1 Å². The molecule has 0 aromatic rings. The second-order valence-corrected chi connectivity index (χ2v) is 8.70. The summed E-state index contributed by atoms with van der Waals surface area (Å²) in [5.41, 5.74) is 0. The number of carbonyl (C=O) groups excluding carboxylic acids is 2. The number of likely N-dealkylation sites (tertiary alicyclic amines) is 1. The third-order valence-corrected chi connectivity index (χ3v) is 6.22. The molecule has 2 aliphatic carbocycles. The van der Waals surface area contributed by atoms with Crippen molar-refractivity contribution in [2.45, 2.75) is 71.8 Å². The van der Waals surface area contributed by atoms with Gasteiger partial charge in [0.2, 0.25) is 5.91 Å². The Morgan fingerprint density at radius 3 is 2.46 bits per heavy atom. The van der Waals surface area contributed by atoms with Gasteiger partial charge < -0.3 is 9.64 Å². The van der Waals surface area contributed by atoms with Crippen LogP contribution in [0.25, 0.3) is 0 Å². The van der Waals surface area contributed by atoms with E-state index < -0.39 is 0 Å². The van der Waals surface area contributed by atoms with Crippen molar-refractivity contribution in [3.05, 3.63) is 0 Å². The maximum atomic E-state index is 12.7. The second-order valence-electron chi connectivity index (χ2n) is 8.70. The van der Waals surface area contributed by atoms with Gasteiger partial charge in [0, 0.05) is 19.0 Å². The number of nitrogens with zero attached hydrogens (tertiary/aromatic N) is 1. The summed E-state index contributed by atoms with van der Waals surface area (Å²) in [5, 5.41) is 0. The first-order chi connectivity index (χ1) is 11.5. The molecule has 1 saturated heterocycles. The summed E-state index contributed by atoms with van der Waals surface area (Å²) in [6.45, 7) is 8.11. The summed E-state index contributed by atoms with van der Waals surface area (Å²) in [6, 6.07) is 0. The summed E-state index contributed by atoms with van der Waals surface area (Å²) in [4.78, 5) is 26.9. The Morgan fingerprint density at radius 1 is 1.04 bits per heavy atom. The van der Waals surface area contributed by atoms with Gasteiger partial charge in [-0.1, -0.05) is 27.2 Å². The molecule has 0 N–H and O–H groups in total. The van der Waals surface area contributed by atoms with Crippen molar-refractivity contribution in [3.63, 3.8) is 0 Å². The third kappa shape index (κ3) is 4.12. The lowest BCUT2D eigenvalue weighted by atomic mass is 9.75. The maximum Gasteiger partial charge on any atom is 0.311 e. The number of piperidine rings is 1. The van der Waals surface area contributed by atoms with Crippen molar-refractivity contribution in [3.8, 4) is 0 Å². The number of hydrogen-bond acceptors (Lipinski definition) is 3. The van der Waals surface area contributed by atoms with Gasteiger partial charge in [0.05, 0.1) is 5.92 Å². The van der Waals surface area contributed by atoms with Gasteiger partial charge in [-0.05, 0) is 56.3 Å². The quantitative estimate of drug-likeness (QED) is 0.737. The van der Waals surface area contributed by atoms with E-state index >= 15 is 0 Å². The van der Waals surface area contributed by atoms with E-state index in [1.807, 2.05) is 4.90 Å². The number of carbonyl (C=O) groups is 2. The molecule has 0 bridgehead atoms. The molecule has 4 heteroatoms. The highest BCUT2D eigenvalue weighted by molar-refractivity contribution is 5.82. The normalized spacial score (nSPS) is 34.2. The number of esters is 1. The first-order valence-electron chi connectivity index (χ1n) is 9.95. The largest absolute Gasteiger partial charge is 0.462 e. The molecule has 0 unspecified atom stereocenters. The molecule has 2 saturated carbocycles. The molecule has 0 aromatic heterocycles. The molecule has 3 fully saturated rings. The minimum atomic E-state index is -0.119. The predicted octanol–water partition coefficient (Wildman–Crippen LogP) is 3.64. The molecule has 4 atom stereocenters. The maximum absolute atomic E-state index is 12.7. The van der Waals surface area contributed by atoms with Crippen molar-refractivity contribution in [2.24, 2.45) is 29.6 Å². The van der Waals surface area contributed by atoms with E-state index in [0.29, 0.717) is 24.3 Å². The molecule has 3 rings (SSSR count). The zero-order valence-corrected chi connectivity index (χ0v) is 15.5. The highest BCUT2D eigenvalue weighted by atomic mass is 16.5. The zero-order valence-electron chi connectivity index (χ0n) is 15.5. The molecule has 1 heterocycles. The summed E-state index contributed by atoms with van der Waals surface area (Å²) in [6.07, 6.45) is 7.30. The predicted molar refractivity (Wildman–Crippen MR) is 93.3 cm³/mol. The van der Waals surface area contributed by atoms with Crippen LogP contribution >= 0.6 is 0 Å². The van der Waals surface area contributed by atoms with Crippen molar-refractivity contribution >= 4 is 11.9 Å². The fourth-order valence-corrected chi connectivity index (χ4v) is 4.45. The van der Waals surface area contributed by atoms with Gasteiger partial charge in [0.25, 0.3) is 0 Å². The SMILES string of the molecule is CC(C)[C@H]1CC[C@@H](C)C[C@H]1OC(=O)[C@@H]1CCCN(C(=O)C2CC2)C1. The van der Waals surface area contributed by atoms with Crippen molar-refractivity contribution in [1.29, 1.82) is 0 Å². The van der Waals surface area contributed by atoms with E-state index in [0.717, 1.165) is 45.1 Å². The summed E-state index contributed by atoms with van der Waals surface area (Å²) < 4.78 is 6.00. The molecule has 0 spiro atoms. The number of hydrogen-bond donors (Lipinski definition) is 0. The smallest absolute Gasteiger partial charge is 0.311 e. The van der Waals surface area contributed by atoms with Crippen molar-refractivity contribution < 1.29 is 14.3 Å². The molecule has 136 valence electrons. The fourth-order valence-electron chi connectivity index (χ4n) is 4.45. The van der Waals surface area contributed by atoms with Crippen LogP contribution in [0.5, 0.6) is 0 Å². The zero-order chi connectivity index (χ0) is 17.3. The van der Waals surface area contributed by atoms with E-state index in [9.17, 15) is 9.59 Å². The molecule has 4 nitrogen and oxygen atoms in total. The summed E-state index contributed by atoms with van der Waals surface area (Å²) >= 11 is 0. The average molecular weight is 335 g/mol. The van der Waals surface area contributed by atoms with Crippen LogP contribution in [-0.4, -0.2) is 36.0 Å². The van der Waals surface area contributed by atoms with Crippen LogP contribution in [0, 0.1) is 29.6 Å². The Balaban J connectivity index is 1.57. The fraction of sp³-hybridized carbons (Fsp3) is 0.900. The van der Waals surface area contributed by atoms with E-state index in [1.165, 1.54) is 6.42 Å². The molecule has 3 aliphatic rings. The Hall–Kier alpha value is -1.06. The molecular weight excluding hydrogens is 302 g/mol. The standard InChI is InChI=1S/C20H33NO3/c1-13(2)17-9-6-14(3)11-18(17)24-20(23)16-5-4-10-21(12-16)19(22)15-7-8-15/h13-18H,4-12H2,1-3H3/t14-,16-,17-,18-/m1/s1. The lowest BCUT2D eigenvalue weighted by Gasteiger charge is -2.38. The lowest BCUT2D eigenvalue weighted by Crippen LogP contribution is -2.45. The van der Waals surface area contributed by atoms with E-state index in [2.05, 4.69) is 20.8 Å². The topological polar surface area (TPSA) is 46.6 Å². The Morgan fingerprint density at radius 2 is 1.79 bits per heavy atom. The van der Waals surface area contributed by atoms with Gasteiger partial charge in [0.15, 0.2) is 0 Å². The van der Waals surface area contributed by atoms with Gasteiger partial charge in [0.1, 0.15) is 6.10 Å². The first kappa shape index (κ1) is 17.8. The highest BCUT2D eigenvalue weighted by Crippen LogP contribution is 2.36. The molecular formula is C20H33NO3. The molecule has 24 heavy (non-hydrogen) atoms. The summed E-state index contributed by atoms with van der Waals surface area (Å²) in [7, 11) is 0. The van der Waals surface area contributed by atoms with Crippen LogP contribution in [-0.2, 0) is 14.3 Å². The number of amides is 1. The minimum Gasteiger partial charge on any atom is -0.462 e. The lowest BCUT2D eigenvalue weighted by molar-refractivity contribution is -0.163. The second kappa shape index (κ2) is 7.45. The molecule has 0 aromatic carbocycles. The van der Waals surface area contributed by atoms with Gasteiger partial charge in [-0.3, -0.25) is 9.59 Å². The van der Waals surface area contributed by atoms with Crippen LogP contribution in [0.2, 0.25) is 0 Å². The van der Waals surface area contributed by atoms with Crippen molar-refractivity contribution in [1.82, 2.24) is 4.90 Å². The molecule has 1 amide bonds. The highest BCUT2D eigenvalue weighted by Gasteiger charge is 2.39. The third-order valence-electron chi connectivity index (χ3n) is 6.22.